The molecule has 0 saturated carbocycles. The van der Waals surface area contributed by atoms with Gasteiger partial charge in [-0.15, -0.1) is 0 Å². The number of carbonyl (C=O) groups is 4. The molecule has 0 bridgehead atoms. The second-order valence-corrected chi connectivity index (χ2v) is 22.0. The van der Waals surface area contributed by atoms with Crippen LogP contribution in [0.2, 0.25) is 0 Å². The van der Waals surface area contributed by atoms with Gasteiger partial charge in [0.1, 0.15) is 18.8 Å². The molecule has 1 heterocycles. The fraction of sp³-hybridized carbons (Fsp3) is 0.690. The van der Waals surface area contributed by atoms with Gasteiger partial charge in [0.2, 0.25) is 0 Å². The van der Waals surface area contributed by atoms with Crippen molar-refractivity contribution in [2.45, 2.75) is 302 Å². The van der Waals surface area contributed by atoms with Gasteiger partial charge in [0.15, 0.2) is 24.6 Å². The minimum atomic E-state index is -1.92. The normalized spacial score (nSPS) is 18.3. The molecule has 1 fully saturated rings. The summed E-state index contributed by atoms with van der Waals surface area (Å²) in [6, 6.07) is 0. The average molecular weight is 1160 g/mol. The van der Waals surface area contributed by atoms with Crippen molar-refractivity contribution in [2.75, 3.05) is 13.2 Å². The summed E-state index contributed by atoms with van der Waals surface area (Å²) in [6.07, 6.45) is 66.1. The first-order chi connectivity index (χ1) is 40.6. The van der Waals surface area contributed by atoms with Gasteiger partial charge in [0.05, 0.1) is 6.61 Å². The highest BCUT2D eigenvalue weighted by molar-refractivity contribution is 5.74. The van der Waals surface area contributed by atoms with E-state index in [4.69, 9.17) is 23.7 Å². The summed E-state index contributed by atoms with van der Waals surface area (Å²) >= 11 is 0. The molecule has 3 N–H and O–H groups in total. The van der Waals surface area contributed by atoms with E-state index in [9.17, 15) is 34.5 Å². The Hall–Kier alpha value is -4.62. The van der Waals surface area contributed by atoms with Crippen LogP contribution in [0.15, 0.2) is 109 Å². The van der Waals surface area contributed by atoms with Gasteiger partial charge in [0, 0.05) is 19.3 Å². The van der Waals surface area contributed by atoms with E-state index in [-0.39, 0.29) is 25.9 Å². The number of carbonyl (C=O) groups excluding carboxylic acids is 3. The van der Waals surface area contributed by atoms with Crippen LogP contribution in [0.4, 0.5) is 0 Å². The number of aliphatic hydroxyl groups excluding tert-OH is 2. The Bertz CT molecular complexity index is 1860. The zero-order chi connectivity index (χ0) is 60.3. The molecule has 0 aromatic carbocycles. The van der Waals surface area contributed by atoms with Crippen LogP contribution >= 0.6 is 0 Å². The second-order valence-electron chi connectivity index (χ2n) is 22.0. The van der Waals surface area contributed by atoms with E-state index < -0.39 is 67.3 Å². The zero-order valence-electron chi connectivity index (χ0n) is 52.2. The first kappa shape index (κ1) is 76.4. The van der Waals surface area contributed by atoms with Crippen molar-refractivity contribution in [3.63, 3.8) is 0 Å². The predicted molar refractivity (Wildman–Crippen MR) is 340 cm³/mol. The lowest BCUT2D eigenvalue weighted by molar-refractivity contribution is -0.301. The first-order valence-electron chi connectivity index (χ1n) is 32.9. The van der Waals surface area contributed by atoms with Crippen molar-refractivity contribution in [2.24, 2.45) is 0 Å². The number of aliphatic carboxylic acids is 1. The summed E-state index contributed by atoms with van der Waals surface area (Å²) < 4.78 is 28.5. The monoisotopic (exact) mass is 1160 g/mol. The number of unbranched alkanes of at least 4 members (excludes halogenated alkanes) is 23. The Morgan fingerprint density at radius 3 is 1.17 bits per heavy atom. The van der Waals surface area contributed by atoms with Crippen LogP contribution in [-0.4, -0.2) is 89.2 Å². The number of carboxylic acids is 1. The SMILES string of the molecule is CC/C=C\C/C=C\C/C=C\C/C=C\C/C=C\CCCCCC(=O)OCC(COC1OC(C(=O)O)C(O)C(O)C1OC(=O)CCCCCC/C=C\C/C=C\C/C=C\C/C=C\CC)OC(=O)CCCCCCCCCCCCCCCCCCC. The molecule has 6 unspecified atom stereocenters. The fourth-order valence-corrected chi connectivity index (χ4v) is 9.39. The Morgan fingerprint density at radius 2 is 0.759 bits per heavy atom. The largest absolute Gasteiger partial charge is 0.479 e. The maximum Gasteiger partial charge on any atom is 0.335 e. The maximum absolute atomic E-state index is 13.2. The summed E-state index contributed by atoms with van der Waals surface area (Å²) in [7, 11) is 0. The summed E-state index contributed by atoms with van der Waals surface area (Å²) in [4.78, 5) is 51.4. The zero-order valence-corrected chi connectivity index (χ0v) is 52.2. The summed E-state index contributed by atoms with van der Waals surface area (Å²) in [6.45, 7) is 5.76. The Balaban J connectivity index is 2.70. The number of allylic oxidation sites excluding steroid dienone is 18. The molecule has 0 aliphatic carbocycles. The second kappa shape index (κ2) is 57.8. The summed E-state index contributed by atoms with van der Waals surface area (Å²) in [5.41, 5.74) is 0. The lowest BCUT2D eigenvalue weighted by Crippen LogP contribution is -2.61. The molecule has 0 aromatic rings. The molecule has 12 heteroatoms. The molecule has 1 rings (SSSR count). The van der Waals surface area contributed by atoms with Crippen LogP contribution in [0.25, 0.3) is 0 Å². The van der Waals surface area contributed by atoms with E-state index >= 15 is 0 Å². The van der Waals surface area contributed by atoms with E-state index in [1.807, 2.05) is 0 Å². The average Bonchev–Trinajstić information content (AvgIpc) is 3.59. The quantitative estimate of drug-likeness (QED) is 0.0228. The number of ether oxygens (including phenoxy) is 5. The van der Waals surface area contributed by atoms with Crippen LogP contribution in [0, 0.1) is 0 Å². The standard InChI is InChI=1S/C71H116O12/c1-4-7-10-13-16-19-22-25-28-31-32-35-36-39-42-45-48-51-54-57-63(72)79-60-62(81-64(73)58-55-52-49-46-43-40-37-33-29-26-23-20-17-14-11-8-5-2)61-80-71-69(67(76)66(75)68(83-71)70(77)78)82-65(74)59-56-53-50-47-44-41-38-34-30-27-24-21-18-15-12-9-6-3/h7,9-10,12,16,18-19,21,25,27-28,30,32,35,38-39,41-42,62,66-69,71,75-76H,4-6,8,11,13-15,17,20,22-24,26,29,31,33-34,36-37,40,43-61H2,1-3H3,(H,77,78)/b10-7-,12-9-,19-16-,21-18-,28-25-,30-27-,35-32-,41-38-,42-39-. The van der Waals surface area contributed by atoms with Crippen molar-refractivity contribution in [1.82, 2.24) is 0 Å². The van der Waals surface area contributed by atoms with Crippen molar-refractivity contribution in [1.29, 1.82) is 0 Å². The highest BCUT2D eigenvalue weighted by atomic mass is 16.7. The van der Waals surface area contributed by atoms with Gasteiger partial charge in [-0.25, -0.2) is 4.79 Å². The molecule has 1 saturated heterocycles. The maximum atomic E-state index is 13.2. The van der Waals surface area contributed by atoms with Crippen molar-refractivity contribution >= 4 is 23.9 Å². The fourth-order valence-electron chi connectivity index (χ4n) is 9.39. The van der Waals surface area contributed by atoms with E-state index in [0.29, 0.717) is 19.3 Å². The Morgan fingerprint density at radius 1 is 0.410 bits per heavy atom. The molecule has 0 spiro atoms. The van der Waals surface area contributed by atoms with Crippen LogP contribution in [-0.2, 0) is 42.9 Å². The third kappa shape index (κ3) is 47.3. The van der Waals surface area contributed by atoms with Gasteiger partial charge < -0.3 is 39.0 Å². The van der Waals surface area contributed by atoms with Gasteiger partial charge in [-0.2, -0.15) is 0 Å². The number of hydrogen-bond donors (Lipinski definition) is 3. The summed E-state index contributed by atoms with van der Waals surface area (Å²) in [5, 5.41) is 31.6. The third-order valence-electron chi connectivity index (χ3n) is 14.3. The van der Waals surface area contributed by atoms with Crippen LogP contribution < -0.4 is 0 Å². The minimum absolute atomic E-state index is 0.0251. The van der Waals surface area contributed by atoms with Gasteiger partial charge in [-0.3, -0.25) is 14.4 Å². The molecule has 1 aliphatic heterocycles. The number of carboxylic acid groups (broad SMARTS) is 1. The molecule has 6 atom stereocenters. The van der Waals surface area contributed by atoms with Gasteiger partial charge >= 0.3 is 23.9 Å². The highest BCUT2D eigenvalue weighted by Crippen LogP contribution is 2.26. The molecule has 0 radical (unpaired) electrons. The van der Waals surface area contributed by atoms with E-state index in [1.165, 1.54) is 83.5 Å². The molecule has 0 aromatic heterocycles. The van der Waals surface area contributed by atoms with Gasteiger partial charge in [-0.05, 0) is 103 Å². The number of aliphatic hydroxyl groups is 2. The number of esters is 3. The molecular formula is C71H116O12. The van der Waals surface area contributed by atoms with E-state index in [1.54, 1.807) is 0 Å². The van der Waals surface area contributed by atoms with Crippen LogP contribution in [0.1, 0.15) is 265 Å². The van der Waals surface area contributed by atoms with E-state index in [2.05, 4.69) is 130 Å². The van der Waals surface area contributed by atoms with Crippen LogP contribution in [0.5, 0.6) is 0 Å². The first-order valence-corrected chi connectivity index (χ1v) is 32.9. The Kier molecular flexibility index (Phi) is 53.2. The van der Waals surface area contributed by atoms with Crippen molar-refractivity contribution in [3.05, 3.63) is 109 Å². The lowest BCUT2D eigenvalue weighted by atomic mass is 9.98. The molecule has 472 valence electrons. The predicted octanol–water partition coefficient (Wildman–Crippen LogP) is 17.8. The summed E-state index contributed by atoms with van der Waals surface area (Å²) in [5.74, 6) is -3.19. The third-order valence-corrected chi connectivity index (χ3v) is 14.3. The van der Waals surface area contributed by atoms with Gasteiger partial charge in [-0.1, -0.05) is 252 Å². The van der Waals surface area contributed by atoms with Crippen molar-refractivity contribution in [3.8, 4) is 0 Å². The van der Waals surface area contributed by atoms with Crippen LogP contribution in [0.3, 0.4) is 0 Å². The number of rotatable bonds is 55. The molecule has 12 nitrogen and oxygen atoms in total. The topological polar surface area (TPSA) is 175 Å². The van der Waals surface area contributed by atoms with Gasteiger partial charge in [0.25, 0.3) is 0 Å². The van der Waals surface area contributed by atoms with E-state index in [0.717, 1.165) is 122 Å². The smallest absolute Gasteiger partial charge is 0.335 e. The molecule has 0 amide bonds. The molecular weight excluding hydrogens is 1040 g/mol. The molecule has 83 heavy (non-hydrogen) atoms. The Labute approximate surface area is 504 Å². The highest BCUT2D eigenvalue weighted by Gasteiger charge is 2.50. The molecule has 1 aliphatic rings. The lowest BCUT2D eigenvalue weighted by Gasteiger charge is -2.40. The number of hydrogen-bond acceptors (Lipinski definition) is 11. The van der Waals surface area contributed by atoms with Crippen molar-refractivity contribution < 1.29 is 58.2 Å². The minimum Gasteiger partial charge on any atom is -0.479 e.